The summed E-state index contributed by atoms with van der Waals surface area (Å²) in [5.74, 6) is -0.117. The third kappa shape index (κ3) is 5.98. The van der Waals surface area contributed by atoms with Crippen molar-refractivity contribution in [2.45, 2.75) is 18.3 Å². The molecule has 4 aromatic rings. The Morgan fingerprint density at radius 2 is 1.69 bits per heavy atom. The summed E-state index contributed by atoms with van der Waals surface area (Å²) in [6, 6.07) is 17.6. The molecule has 180 valence electrons. The van der Waals surface area contributed by atoms with Gasteiger partial charge in [0, 0.05) is 16.3 Å². The van der Waals surface area contributed by atoms with Crippen molar-refractivity contribution in [1.29, 1.82) is 0 Å². The zero-order chi connectivity index (χ0) is 25.2. The summed E-state index contributed by atoms with van der Waals surface area (Å²) in [6.07, 6.45) is -4.55. The van der Waals surface area contributed by atoms with Gasteiger partial charge in [-0.25, -0.2) is 0 Å². The smallest absolute Gasteiger partial charge is 0.324 e. The Balaban J connectivity index is 1.58. The predicted molar refractivity (Wildman–Crippen MR) is 132 cm³/mol. The molecular weight excluding hydrogens is 520 g/mol. The molecular formula is C24H17Cl2F3N4OS. The fraction of sp³-hybridized carbons (Fsp3) is 0.125. The molecule has 5 nitrogen and oxygen atoms in total. The van der Waals surface area contributed by atoms with Crippen LogP contribution in [0.5, 0.6) is 0 Å². The number of thioether (sulfide) groups is 1. The number of carbonyl (C=O) groups is 1. The first-order valence-corrected chi connectivity index (χ1v) is 11.9. The highest BCUT2D eigenvalue weighted by Crippen LogP contribution is 2.34. The number of aryl methyl sites for hydroxylation is 1. The molecule has 0 aliphatic heterocycles. The van der Waals surface area contributed by atoms with Crippen LogP contribution in [0.25, 0.3) is 17.1 Å². The standard InChI is InChI=1S/C24H17Cl2F3N4OS/c1-14-2-9-18(10-3-14)33-22(15-4-7-17(25)8-5-15)31-32-23(33)35-13-21(34)30-20-12-16(24(27,28)29)6-11-19(20)26/h2-12H,13H2,1H3,(H,30,34). The lowest BCUT2D eigenvalue weighted by atomic mass is 10.2. The van der Waals surface area contributed by atoms with E-state index in [1.54, 1.807) is 16.7 Å². The number of nitrogens with one attached hydrogen (secondary N) is 1. The Bertz CT molecular complexity index is 1360. The molecule has 0 fully saturated rings. The molecule has 0 unspecified atom stereocenters. The molecule has 4 rings (SSSR count). The number of rotatable bonds is 6. The van der Waals surface area contributed by atoms with Gasteiger partial charge in [-0.3, -0.25) is 9.36 Å². The van der Waals surface area contributed by atoms with Gasteiger partial charge in [0.05, 0.1) is 22.0 Å². The van der Waals surface area contributed by atoms with Gasteiger partial charge in [-0.2, -0.15) is 13.2 Å². The highest BCUT2D eigenvalue weighted by Gasteiger charge is 2.31. The second kappa shape index (κ2) is 10.3. The lowest BCUT2D eigenvalue weighted by Gasteiger charge is -2.12. The summed E-state index contributed by atoms with van der Waals surface area (Å²) in [7, 11) is 0. The number of hydrogen-bond donors (Lipinski definition) is 1. The van der Waals surface area contributed by atoms with Gasteiger partial charge < -0.3 is 5.32 Å². The van der Waals surface area contributed by atoms with E-state index in [0.717, 1.165) is 46.8 Å². The van der Waals surface area contributed by atoms with Crippen molar-refractivity contribution in [3.8, 4) is 17.1 Å². The van der Waals surface area contributed by atoms with Crippen LogP contribution in [0.4, 0.5) is 18.9 Å². The molecule has 1 N–H and O–H groups in total. The van der Waals surface area contributed by atoms with Gasteiger partial charge in [0.15, 0.2) is 11.0 Å². The van der Waals surface area contributed by atoms with Crippen LogP contribution in [-0.2, 0) is 11.0 Å². The van der Waals surface area contributed by atoms with Crippen molar-refractivity contribution in [2.75, 3.05) is 11.1 Å². The Kier molecular flexibility index (Phi) is 7.39. The number of carbonyl (C=O) groups excluding carboxylic acids is 1. The minimum atomic E-state index is -4.55. The lowest BCUT2D eigenvalue weighted by molar-refractivity contribution is -0.137. The van der Waals surface area contributed by atoms with E-state index in [0.29, 0.717) is 16.0 Å². The topological polar surface area (TPSA) is 59.8 Å². The van der Waals surface area contributed by atoms with E-state index in [-0.39, 0.29) is 16.5 Å². The maximum absolute atomic E-state index is 13.0. The molecule has 1 aromatic heterocycles. The van der Waals surface area contributed by atoms with E-state index >= 15 is 0 Å². The van der Waals surface area contributed by atoms with Crippen LogP contribution in [0.2, 0.25) is 10.0 Å². The number of nitrogens with zero attached hydrogens (tertiary/aromatic N) is 3. The Morgan fingerprint density at radius 1 is 1.00 bits per heavy atom. The van der Waals surface area contributed by atoms with E-state index < -0.39 is 17.6 Å². The zero-order valence-corrected chi connectivity index (χ0v) is 20.4. The molecule has 0 bridgehead atoms. The van der Waals surface area contributed by atoms with Gasteiger partial charge >= 0.3 is 6.18 Å². The molecule has 11 heteroatoms. The Labute approximate surface area is 213 Å². The highest BCUT2D eigenvalue weighted by molar-refractivity contribution is 7.99. The first kappa shape index (κ1) is 25.1. The maximum Gasteiger partial charge on any atom is 0.416 e. The van der Waals surface area contributed by atoms with Gasteiger partial charge in [-0.05, 0) is 61.5 Å². The zero-order valence-electron chi connectivity index (χ0n) is 18.1. The van der Waals surface area contributed by atoms with Crippen molar-refractivity contribution in [3.63, 3.8) is 0 Å². The molecule has 1 amide bonds. The van der Waals surface area contributed by atoms with E-state index in [1.165, 1.54) is 0 Å². The van der Waals surface area contributed by atoms with Gasteiger partial charge in [0.1, 0.15) is 0 Å². The molecule has 0 saturated heterocycles. The number of halogens is 5. The monoisotopic (exact) mass is 536 g/mol. The molecule has 35 heavy (non-hydrogen) atoms. The maximum atomic E-state index is 13.0. The third-order valence-electron chi connectivity index (χ3n) is 4.93. The van der Waals surface area contributed by atoms with Crippen LogP contribution in [0.3, 0.4) is 0 Å². The molecule has 0 saturated carbocycles. The number of amides is 1. The van der Waals surface area contributed by atoms with Gasteiger partial charge in [0.2, 0.25) is 5.91 Å². The first-order valence-electron chi connectivity index (χ1n) is 10.2. The summed E-state index contributed by atoms with van der Waals surface area (Å²) in [4.78, 5) is 12.6. The number of benzene rings is 3. The molecule has 0 aliphatic carbocycles. The number of hydrogen-bond acceptors (Lipinski definition) is 4. The summed E-state index contributed by atoms with van der Waals surface area (Å²) in [5.41, 5.74) is 1.61. The summed E-state index contributed by atoms with van der Waals surface area (Å²) in [5, 5.41) is 12.0. The molecule has 0 atom stereocenters. The van der Waals surface area contributed by atoms with Crippen LogP contribution in [0.1, 0.15) is 11.1 Å². The second-order valence-corrected chi connectivity index (χ2v) is 9.30. The highest BCUT2D eigenvalue weighted by atomic mass is 35.5. The second-order valence-electron chi connectivity index (χ2n) is 7.51. The van der Waals surface area contributed by atoms with Crippen molar-refractivity contribution < 1.29 is 18.0 Å². The van der Waals surface area contributed by atoms with E-state index in [4.69, 9.17) is 23.2 Å². The number of aromatic nitrogens is 3. The largest absolute Gasteiger partial charge is 0.416 e. The molecule has 0 spiro atoms. The summed E-state index contributed by atoms with van der Waals surface area (Å²) in [6.45, 7) is 1.97. The van der Waals surface area contributed by atoms with E-state index in [2.05, 4.69) is 15.5 Å². The average Bonchev–Trinajstić information content (AvgIpc) is 3.23. The number of anilines is 1. The van der Waals surface area contributed by atoms with E-state index in [9.17, 15) is 18.0 Å². The average molecular weight is 537 g/mol. The molecule has 0 aliphatic rings. The van der Waals surface area contributed by atoms with Crippen LogP contribution in [-0.4, -0.2) is 26.4 Å². The van der Waals surface area contributed by atoms with Crippen LogP contribution >= 0.6 is 35.0 Å². The SMILES string of the molecule is Cc1ccc(-n2c(SCC(=O)Nc3cc(C(F)(F)F)ccc3Cl)nnc2-c2ccc(Cl)cc2)cc1. The molecule has 1 heterocycles. The van der Waals surface area contributed by atoms with Gasteiger partial charge in [-0.1, -0.05) is 52.7 Å². The van der Waals surface area contributed by atoms with Crippen LogP contribution < -0.4 is 5.32 Å². The molecule has 0 radical (unpaired) electrons. The Hall–Kier alpha value is -3.01. The van der Waals surface area contributed by atoms with Crippen LogP contribution in [0, 0.1) is 6.92 Å². The predicted octanol–water partition coefficient (Wildman–Crippen LogP) is 7.30. The Morgan fingerprint density at radius 3 is 2.34 bits per heavy atom. The van der Waals surface area contributed by atoms with Gasteiger partial charge in [0.25, 0.3) is 0 Å². The fourth-order valence-electron chi connectivity index (χ4n) is 3.19. The summed E-state index contributed by atoms with van der Waals surface area (Å²) < 4.78 is 40.9. The first-order chi connectivity index (χ1) is 16.6. The number of alkyl halides is 3. The lowest BCUT2D eigenvalue weighted by Crippen LogP contribution is -2.16. The minimum absolute atomic E-state index is 0.00389. The van der Waals surface area contributed by atoms with Crippen molar-refractivity contribution in [2.24, 2.45) is 0 Å². The fourth-order valence-corrected chi connectivity index (χ4v) is 4.23. The van der Waals surface area contributed by atoms with Gasteiger partial charge in [-0.15, -0.1) is 10.2 Å². The van der Waals surface area contributed by atoms with Crippen molar-refractivity contribution in [3.05, 3.63) is 87.9 Å². The van der Waals surface area contributed by atoms with Crippen molar-refractivity contribution >= 4 is 46.6 Å². The van der Waals surface area contributed by atoms with Crippen LogP contribution in [0.15, 0.2) is 71.9 Å². The minimum Gasteiger partial charge on any atom is -0.324 e. The van der Waals surface area contributed by atoms with E-state index in [1.807, 2.05) is 43.3 Å². The van der Waals surface area contributed by atoms with Crippen molar-refractivity contribution in [1.82, 2.24) is 14.8 Å². The quantitative estimate of drug-likeness (QED) is 0.262. The normalized spacial score (nSPS) is 11.5. The summed E-state index contributed by atoms with van der Waals surface area (Å²) >= 11 is 13.1. The molecule has 3 aromatic carbocycles. The third-order valence-corrected chi connectivity index (χ3v) is 6.44.